The highest BCUT2D eigenvalue weighted by Gasteiger charge is 2.39. The van der Waals surface area contributed by atoms with Crippen molar-refractivity contribution in [2.24, 2.45) is 5.41 Å². The van der Waals surface area contributed by atoms with Crippen LogP contribution in [0.1, 0.15) is 26.7 Å². The third kappa shape index (κ3) is 3.02. The van der Waals surface area contributed by atoms with E-state index in [2.05, 4.69) is 10.2 Å². The number of hydrogen-bond donors (Lipinski definition) is 1. The lowest BCUT2D eigenvalue weighted by Gasteiger charge is -2.22. The Morgan fingerprint density at radius 3 is 2.67 bits per heavy atom. The first-order chi connectivity index (χ1) is 6.98. The lowest BCUT2D eigenvalue weighted by atomic mass is 9.89. The number of rotatable bonds is 4. The fourth-order valence-electron chi connectivity index (χ4n) is 2.05. The molecule has 1 rings (SSSR count). The van der Waals surface area contributed by atoms with E-state index in [0.29, 0.717) is 6.42 Å². The topological polar surface area (TPSA) is 49.4 Å². The smallest absolute Gasteiger partial charge is 0.227 e. The molecule has 0 aromatic rings. The van der Waals surface area contributed by atoms with Gasteiger partial charge in [0.25, 0.3) is 0 Å². The third-order valence-electron chi connectivity index (χ3n) is 3.11. The summed E-state index contributed by atoms with van der Waals surface area (Å²) in [6.07, 6.45) is 1.47. The summed E-state index contributed by atoms with van der Waals surface area (Å²) in [6.45, 7) is 6.05. The summed E-state index contributed by atoms with van der Waals surface area (Å²) < 4.78 is 0. The first-order valence-electron chi connectivity index (χ1n) is 5.42. The van der Waals surface area contributed by atoms with E-state index in [1.807, 2.05) is 6.92 Å². The Bertz CT molecular complexity index is 265. The van der Waals surface area contributed by atoms with Gasteiger partial charge in [-0.05, 0) is 26.8 Å². The van der Waals surface area contributed by atoms with Crippen LogP contribution in [-0.4, -0.2) is 43.3 Å². The fourth-order valence-corrected chi connectivity index (χ4v) is 2.05. The lowest BCUT2D eigenvalue weighted by molar-refractivity contribution is -0.129. The van der Waals surface area contributed by atoms with Gasteiger partial charge in [0, 0.05) is 26.6 Å². The van der Waals surface area contributed by atoms with Crippen LogP contribution in [0.3, 0.4) is 0 Å². The molecule has 0 radical (unpaired) electrons. The van der Waals surface area contributed by atoms with Crippen LogP contribution in [0.4, 0.5) is 0 Å². The molecule has 1 unspecified atom stereocenters. The molecule has 1 atom stereocenters. The second kappa shape index (κ2) is 4.75. The van der Waals surface area contributed by atoms with Gasteiger partial charge in [-0.1, -0.05) is 0 Å². The van der Waals surface area contributed by atoms with Crippen molar-refractivity contribution in [1.29, 1.82) is 0 Å². The van der Waals surface area contributed by atoms with Gasteiger partial charge in [-0.2, -0.15) is 0 Å². The number of carbonyl (C=O) groups excluding carboxylic acids is 2. The summed E-state index contributed by atoms with van der Waals surface area (Å²) >= 11 is 0. The molecular weight excluding hydrogens is 192 g/mol. The molecule has 0 aromatic heterocycles. The molecule has 86 valence electrons. The molecule has 1 fully saturated rings. The minimum absolute atomic E-state index is 0.104. The van der Waals surface area contributed by atoms with E-state index in [-0.39, 0.29) is 17.1 Å². The fraction of sp³-hybridized carbons (Fsp3) is 0.818. The molecule has 1 amide bonds. The van der Waals surface area contributed by atoms with Crippen molar-refractivity contribution in [1.82, 2.24) is 10.2 Å². The van der Waals surface area contributed by atoms with Crippen molar-refractivity contribution in [3.63, 3.8) is 0 Å². The largest absolute Gasteiger partial charge is 0.359 e. The molecule has 1 saturated heterocycles. The molecule has 4 heteroatoms. The number of Topliss-reactive ketones (excluding diaryl/α,β-unsaturated/α-hetero) is 1. The van der Waals surface area contributed by atoms with Crippen LogP contribution in [0.15, 0.2) is 0 Å². The summed E-state index contributed by atoms with van der Waals surface area (Å²) in [4.78, 5) is 24.7. The zero-order valence-corrected chi connectivity index (χ0v) is 9.80. The van der Waals surface area contributed by atoms with Crippen LogP contribution in [0, 0.1) is 5.41 Å². The van der Waals surface area contributed by atoms with E-state index in [1.165, 1.54) is 0 Å². The summed E-state index contributed by atoms with van der Waals surface area (Å²) in [5.74, 6) is 0.316. The average molecular weight is 212 g/mol. The van der Waals surface area contributed by atoms with Crippen LogP contribution >= 0.6 is 0 Å². The van der Waals surface area contributed by atoms with E-state index in [1.54, 1.807) is 14.0 Å². The minimum atomic E-state index is -0.272. The summed E-state index contributed by atoms with van der Waals surface area (Å²) in [5.41, 5.74) is -0.272. The Balaban J connectivity index is 2.44. The number of ketones is 1. The molecule has 0 bridgehead atoms. The highest BCUT2D eigenvalue weighted by Crippen LogP contribution is 2.29. The maximum absolute atomic E-state index is 11.6. The van der Waals surface area contributed by atoms with E-state index < -0.39 is 0 Å². The normalized spacial score (nSPS) is 26.6. The maximum Gasteiger partial charge on any atom is 0.227 e. The molecule has 4 nitrogen and oxygen atoms in total. The number of likely N-dealkylation sites (tertiary alicyclic amines) is 1. The molecule has 1 N–H and O–H groups in total. The van der Waals surface area contributed by atoms with Gasteiger partial charge in [0.15, 0.2) is 0 Å². The predicted octanol–water partition coefficient (Wildman–Crippen LogP) is 0.424. The predicted molar refractivity (Wildman–Crippen MR) is 58.5 cm³/mol. The molecule has 0 spiro atoms. The van der Waals surface area contributed by atoms with Gasteiger partial charge in [0.1, 0.15) is 5.78 Å². The van der Waals surface area contributed by atoms with Crippen molar-refractivity contribution in [2.75, 3.05) is 26.7 Å². The number of hydrogen-bond acceptors (Lipinski definition) is 3. The summed E-state index contributed by atoms with van der Waals surface area (Å²) in [7, 11) is 1.67. The molecule has 0 aromatic carbocycles. The van der Waals surface area contributed by atoms with Gasteiger partial charge in [0.2, 0.25) is 5.91 Å². The number of nitrogens with one attached hydrogen (secondary N) is 1. The van der Waals surface area contributed by atoms with E-state index in [9.17, 15) is 9.59 Å². The summed E-state index contributed by atoms with van der Waals surface area (Å²) in [5, 5.41) is 2.70. The molecule has 15 heavy (non-hydrogen) atoms. The van der Waals surface area contributed by atoms with Crippen LogP contribution in [0.5, 0.6) is 0 Å². The van der Waals surface area contributed by atoms with E-state index >= 15 is 0 Å². The van der Waals surface area contributed by atoms with Crippen LogP contribution < -0.4 is 5.32 Å². The Morgan fingerprint density at radius 2 is 2.13 bits per heavy atom. The maximum atomic E-state index is 11.6. The number of amides is 1. The van der Waals surface area contributed by atoms with Gasteiger partial charge in [-0.15, -0.1) is 0 Å². The molecule has 1 aliphatic heterocycles. The van der Waals surface area contributed by atoms with Gasteiger partial charge >= 0.3 is 0 Å². The van der Waals surface area contributed by atoms with Crippen LogP contribution in [0.25, 0.3) is 0 Å². The van der Waals surface area contributed by atoms with Crippen molar-refractivity contribution in [2.45, 2.75) is 26.7 Å². The molecule has 1 aliphatic rings. The Kier molecular flexibility index (Phi) is 3.85. The van der Waals surface area contributed by atoms with E-state index in [4.69, 9.17) is 0 Å². The van der Waals surface area contributed by atoms with Crippen molar-refractivity contribution >= 4 is 11.7 Å². The third-order valence-corrected chi connectivity index (χ3v) is 3.11. The van der Waals surface area contributed by atoms with Gasteiger partial charge in [-0.25, -0.2) is 0 Å². The standard InChI is InChI=1S/C11H20N2O2/c1-9(14)4-6-13-7-5-11(2,8-13)10(15)12-3/h4-8H2,1-3H3,(H,12,15). The number of carbonyl (C=O) groups is 2. The van der Waals surface area contributed by atoms with Crippen molar-refractivity contribution < 1.29 is 9.59 Å². The summed E-state index contributed by atoms with van der Waals surface area (Å²) in [6, 6.07) is 0. The second-order valence-electron chi connectivity index (χ2n) is 4.62. The first kappa shape index (κ1) is 12.2. The molecule has 1 heterocycles. The quantitative estimate of drug-likeness (QED) is 0.735. The van der Waals surface area contributed by atoms with Crippen LogP contribution in [-0.2, 0) is 9.59 Å². The van der Waals surface area contributed by atoms with Crippen LogP contribution in [0.2, 0.25) is 0 Å². The minimum Gasteiger partial charge on any atom is -0.359 e. The Morgan fingerprint density at radius 1 is 1.47 bits per heavy atom. The zero-order valence-electron chi connectivity index (χ0n) is 9.80. The van der Waals surface area contributed by atoms with Gasteiger partial charge in [-0.3, -0.25) is 9.59 Å². The zero-order chi connectivity index (χ0) is 11.5. The molecule has 0 saturated carbocycles. The highest BCUT2D eigenvalue weighted by molar-refractivity contribution is 5.82. The molecule has 0 aliphatic carbocycles. The van der Waals surface area contributed by atoms with Gasteiger partial charge in [0.05, 0.1) is 5.41 Å². The molecular formula is C11H20N2O2. The Labute approximate surface area is 91.0 Å². The monoisotopic (exact) mass is 212 g/mol. The Hall–Kier alpha value is -0.900. The first-order valence-corrected chi connectivity index (χ1v) is 5.42. The lowest BCUT2D eigenvalue weighted by Crippen LogP contribution is -2.39. The average Bonchev–Trinajstić information content (AvgIpc) is 2.57. The highest BCUT2D eigenvalue weighted by atomic mass is 16.2. The van der Waals surface area contributed by atoms with Crippen molar-refractivity contribution in [3.05, 3.63) is 0 Å². The van der Waals surface area contributed by atoms with Gasteiger partial charge < -0.3 is 10.2 Å². The second-order valence-corrected chi connectivity index (χ2v) is 4.62. The van der Waals surface area contributed by atoms with Crippen molar-refractivity contribution in [3.8, 4) is 0 Å². The number of nitrogens with zero attached hydrogens (tertiary/aromatic N) is 1. The SMILES string of the molecule is CNC(=O)C1(C)CCN(CCC(C)=O)C1. The van der Waals surface area contributed by atoms with E-state index in [0.717, 1.165) is 26.1 Å².